The first kappa shape index (κ1) is 24.8. The standard InChI is InChI=1S/C28H30P.C5H5.Fe/c29-28(26-22-14-18-13-19(16-22)17-23(26)15-18)25-12-11-24(20-7-3-1-4-8-20)27(25)21-9-5-2-6-10-21;1-2-4-5-3-1;/h1-12,18-19,22-23,26,28H,13-17,29H2;1-5H;/q-1;-5;. The van der Waals surface area contributed by atoms with Gasteiger partial charge in [-0.25, -0.2) is 0 Å². The summed E-state index contributed by atoms with van der Waals surface area (Å²) in [7, 11) is 3.31. The van der Waals surface area contributed by atoms with Crippen molar-refractivity contribution in [1.29, 1.82) is 0 Å². The molecule has 0 radical (unpaired) electrons. The van der Waals surface area contributed by atoms with Gasteiger partial charge in [0, 0.05) is 17.1 Å². The number of benzene rings is 2. The molecule has 2 atom stereocenters. The molecule has 4 aliphatic rings. The first-order valence-electron chi connectivity index (χ1n) is 13.1. The molecule has 8 rings (SSSR count). The van der Waals surface area contributed by atoms with E-state index in [0.29, 0.717) is 5.66 Å². The van der Waals surface area contributed by atoms with Crippen molar-refractivity contribution in [3.8, 4) is 22.3 Å². The Morgan fingerprint density at radius 2 is 1.14 bits per heavy atom. The molecular formula is C33H35FeP-6. The average Bonchev–Trinajstić information content (AvgIpc) is 3.58. The Balaban J connectivity index is 0.000000379. The van der Waals surface area contributed by atoms with Crippen LogP contribution in [0, 0.1) is 29.6 Å². The van der Waals surface area contributed by atoms with Gasteiger partial charge in [0.1, 0.15) is 0 Å². The van der Waals surface area contributed by atoms with Crippen LogP contribution in [0.4, 0.5) is 0 Å². The minimum atomic E-state index is 0. The van der Waals surface area contributed by atoms with Gasteiger partial charge in [-0.05, 0) is 67.4 Å². The number of rotatable bonds is 4. The largest absolute Gasteiger partial charge is 0.748 e. The van der Waals surface area contributed by atoms with Crippen molar-refractivity contribution in [3.63, 3.8) is 0 Å². The molecule has 4 fully saturated rings. The maximum Gasteiger partial charge on any atom is 0 e. The Hall–Kier alpha value is -1.91. The molecule has 0 aromatic heterocycles. The topological polar surface area (TPSA) is 0 Å². The van der Waals surface area contributed by atoms with E-state index in [-0.39, 0.29) is 17.1 Å². The molecular weight excluding hydrogens is 483 g/mol. The van der Waals surface area contributed by atoms with Crippen LogP contribution >= 0.6 is 9.24 Å². The van der Waals surface area contributed by atoms with Crippen molar-refractivity contribution < 1.29 is 17.1 Å². The third-order valence-corrected chi connectivity index (χ3v) is 9.57. The molecule has 4 bridgehead atoms. The molecule has 2 unspecified atom stereocenters. The predicted molar refractivity (Wildman–Crippen MR) is 148 cm³/mol. The second kappa shape index (κ2) is 11.0. The molecule has 0 heterocycles. The van der Waals surface area contributed by atoms with E-state index in [1.54, 1.807) is 5.56 Å². The van der Waals surface area contributed by atoms with Gasteiger partial charge in [0.2, 0.25) is 0 Å². The van der Waals surface area contributed by atoms with Crippen LogP contribution < -0.4 is 0 Å². The van der Waals surface area contributed by atoms with Crippen molar-refractivity contribution >= 4 is 9.24 Å². The van der Waals surface area contributed by atoms with E-state index in [1.165, 1.54) is 54.4 Å². The minimum Gasteiger partial charge on any atom is -0.748 e. The summed E-state index contributed by atoms with van der Waals surface area (Å²) in [4.78, 5) is 0. The molecule has 0 spiro atoms. The molecule has 0 N–H and O–H groups in total. The summed E-state index contributed by atoms with van der Waals surface area (Å²) in [6.45, 7) is 0. The van der Waals surface area contributed by atoms with Crippen molar-refractivity contribution in [2.75, 3.05) is 0 Å². The maximum atomic E-state index is 3.31. The van der Waals surface area contributed by atoms with Crippen molar-refractivity contribution in [2.24, 2.45) is 29.6 Å². The third-order valence-electron chi connectivity index (χ3n) is 8.76. The molecule has 35 heavy (non-hydrogen) atoms. The Morgan fingerprint density at radius 3 is 1.66 bits per heavy atom. The second-order valence-electron chi connectivity index (χ2n) is 10.8. The predicted octanol–water partition coefficient (Wildman–Crippen LogP) is 9.13. The summed E-state index contributed by atoms with van der Waals surface area (Å²) in [5.74, 6) is 4.83. The van der Waals surface area contributed by atoms with Gasteiger partial charge in [-0.2, -0.15) is 6.07 Å². The fraction of sp³-hybridized carbons (Fsp3) is 0.333. The van der Waals surface area contributed by atoms with Crippen LogP contribution in [-0.2, 0) is 17.1 Å². The summed E-state index contributed by atoms with van der Waals surface area (Å²) < 4.78 is 0. The second-order valence-corrected chi connectivity index (χ2v) is 11.5. The van der Waals surface area contributed by atoms with E-state index in [9.17, 15) is 0 Å². The van der Waals surface area contributed by atoms with Gasteiger partial charge in [-0.15, -0.1) is 32.0 Å². The summed E-state index contributed by atoms with van der Waals surface area (Å²) in [6, 6.07) is 36.8. The van der Waals surface area contributed by atoms with E-state index in [0.717, 1.165) is 29.6 Å². The quantitative estimate of drug-likeness (QED) is 0.144. The maximum absolute atomic E-state index is 3.31. The summed E-state index contributed by atoms with van der Waals surface area (Å²) in [6.07, 6.45) is 7.51. The molecule has 4 aliphatic carbocycles. The molecule has 186 valence electrons. The fourth-order valence-electron chi connectivity index (χ4n) is 7.64. The Morgan fingerprint density at radius 1 is 0.657 bits per heavy atom. The molecule has 0 aliphatic heterocycles. The van der Waals surface area contributed by atoms with Crippen LogP contribution in [0.5, 0.6) is 0 Å². The molecule has 4 aromatic rings. The van der Waals surface area contributed by atoms with Crippen molar-refractivity contribution in [3.05, 3.63) is 109 Å². The van der Waals surface area contributed by atoms with Crippen LogP contribution in [0.1, 0.15) is 43.3 Å². The third kappa shape index (κ3) is 5.02. The molecule has 2 heteroatoms. The van der Waals surface area contributed by atoms with E-state index >= 15 is 0 Å². The van der Waals surface area contributed by atoms with Gasteiger partial charge in [0.15, 0.2) is 0 Å². The summed E-state index contributed by atoms with van der Waals surface area (Å²) in [5, 5.41) is 0. The summed E-state index contributed by atoms with van der Waals surface area (Å²) in [5.41, 5.74) is 7.67. The van der Waals surface area contributed by atoms with E-state index in [2.05, 4.69) is 82.0 Å². The van der Waals surface area contributed by atoms with Gasteiger partial charge < -0.3 is 30.3 Å². The first-order chi connectivity index (χ1) is 16.8. The Bertz CT molecular complexity index is 1130. The number of hydrogen-bond acceptors (Lipinski definition) is 0. The summed E-state index contributed by atoms with van der Waals surface area (Å²) >= 11 is 0. The van der Waals surface area contributed by atoms with E-state index < -0.39 is 0 Å². The van der Waals surface area contributed by atoms with Crippen LogP contribution in [0.2, 0.25) is 0 Å². The Labute approximate surface area is 224 Å². The molecule has 0 nitrogen and oxygen atoms in total. The van der Waals surface area contributed by atoms with Gasteiger partial charge in [0.05, 0.1) is 0 Å². The smallest absolute Gasteiger partial charge is 0 e. The normalized spacial score (nSPS) is 26.9. The van der Waals surface area contributed by atoms with Crippen LogP contribution in [0.15, 0.2) is 103 Å². The van der Waals surface area contributed by atoms with Gasteiger partial charge in [0.25, 0.3) is 0 Å². The SMILES string of the molecule is PC([c-]1ccc(-c2ccccc2)c1-c1ccccc1)C1C2CC3CC(C2)CC1C3.[Fe].[cH-]1[cH-][cH-][cH-][cH-]1. The average molecular weight is 518 g/mol. The van der Waals surface area contributed by atoms with Crippen LogP contribution in [0.25, 0.3) is 22.3 Å². The van der Waals surface area contributed by atoms with Gasteiger partial charge in [-0.1, -0.05) is 71.8 Å². The zero-order valence-corrected chi connectivity index (χ0v) is 22.5. The Kier molecular flexibility index (Phi) is 7.79. The zero-order valence-electron chi connectivity index (χ0n) is 20.2. The molecule has 4 aromatic carbocycles. The van der Waals surface area contributed by atoms with Gasteiger partial charge >= 0.3 is 0 Å². The zero-order chi connectivity index (χ0) is 22.9. The monoisotopic (exact) mass is 518 g/mol. The molecule has 4 saturated carbocycles. The van der Waals surface area contributed by atoms with Crippen molar-refractivity contribution in [1.82, 2.24) is 0 Å². The van der Waals surface area contributed by atoms with Crippen LogP contribution in [-0.4, -0.2) is 0 Å². The van der Waals surface area contributed by atoms with Gasteiger partial charge in [-0.3, -0.25) is 0 Å². The van der Waals surface area contributed by atoms with Crippen LogP contribution in [0.3, 0.4) is 0 Å². The van der Waals surface area contributed by atoms with E-state index in [1.807, 2.05) is 30.3 Å². The minimum absolute atomic E-state index is 0. The number of hydrogen-bond donors (Lipinski definition) is 0. The molecule has 0 amide bonds. The molecule has 0 saturated heterocycles. The first-order valence-corrected chi connectivity index (χ1v) is 13.8. The van der Waals surface area contributed by atoms with E-state index in [4.69, 9.17) is 0 Å². The van der Waals surface area contributed by atoms with Crippen molar-refractivity contribution in [2.45, 2.75) is 37.8 Å². The fourth-order valence-corrected chi connectivity index (χ4v) is 8.55.